The van der Waals surface area contributed by atoms with Gasteiger partial charge < -0.3 is 15.0 Å². The van der Waals surface area contributed by atoms with Crippen molar-refractivity contribution in [2.75, 3.05) is 19.6 Å². The first-order chi connectivity index (χ1) is 15.2. The lowest BCUT2D eigenvalue weighted by Crippen LogP contribution is -2.66. The summed E-state index contributed by atoms with van der Waals surface area (Å²) in [6, 6.07) is -0.894. The van der Waals surface area contributed by atoms with E-state index in [1.165, 1.54) is 56.3 Å². The predicted molar refractivity (Wildman–Crippen MR) is 126 cm³/mol. The van der Waals surface area contributed by atoms with Crippen molar-refractivity contribution in [3.05, 3.63) is 0 Å². The fraction of sp³-hybridized carbons (Fsp3) is 0.880. The fourth-order valence-electron chi connectivity index (χ4n) is 4.24. The summed E-state index contributed by atoms with van der Waals surface area (Å²) in [5, 5.41) is 3.00. The highest BCUT2D eigenvalue weighted by Gasteiger charge is 2.46. The molecule has 2 heterocycles. The Morgan fingerprint density at radius 2 is 1.34 bits per heavy atom. The van der Waals surface area contributed by atoms with Gasteiger partial charge >= 0.3 is 6.09 Å². The lowest BCUT2D eigenvalue weighted by Gasteiger charge is -2.47. The molecule has 0 saturated carbocycles. The highest BCUT2D eigenvalue weighted by molar-refractivity contribution is 5.93. The van der Waals surface area contributed by atoms with Crippen LogP contribution in [0.2, 0.25) is 0 Å². The summed E-state index contributed by atoms with van der Waals surface area (Å²) in [6.07, 6.45) is 13.5. The van der Waals surface area contributed by atoms with Gasteiger partial charge in [0.2, 0.25) is 11.8 Å². The molecule has 2 saturated heterocycles. The molecule has 0 aromatic carbocycles. The van der Waals surface area contributed by atoms with Gasteiger partial charge in [-0.25, -0.2) is 4.79 Å². The summed E-state index contributed by atoms with van der Waals surface area (Å²) in [6.45, 7) is 9.45. The maximum absolute atomic E-state index is 12.9. The molecule has 184 valence electrons. The van der Waals surface area contributed by atoms with E-state index in [1.54, 1.807) is 4.90 Å². The minimum Gasteiger partial charge on any atom is -0.444 e. The van der Waals surface area contributed by atoms with E-state index in [0.717, 1.165) is 12.8 Å². The smallest absolute Gasteiger partial charge is 0.410 e. The van der Waals surface area contributed by atoms with Crippen LogP contribution in [0.1, 0.15) is 105 Å². The van der Waals surface area contributed by atoms with Gasteiger partial charge in [-0.3, -0.25) is 14.5 Å². The molecule has 32 heavy (non-hydrogen) atoms. The molecule has 1 N–H and O–H groups in total. The molecule has 0 spiro atoms. The molecule has 0 aliphatic carbocycles. The molecule has 0 aromatic heterocycles. The molecule has 2 aliphatic heterocycles. The SMILES string of the molecule is CCCCCCCCCCCCNC(=O)[C@@H]1CCN1C(=O)C1CCN1C(=O)OC(C)(C)C. The number of amides is 3. The number of hydrogen-bond donors (Lipinski definition) is 1. The number of hydrogen-bond acceptors (Lipinski definition) is 4. The Kier molecular flexibility index (Phi) is 10.8. The second kappa shape index (κ2) is 13.0. The molecule has 0 radical (unpaired) electrons. The first-order valence-corrected chi connectivity index (χ1v) is 12.8. The van der Waals surface area contributed by atoms with Crippen LogP contribution in [-0.2, 0) is 14.3 Å². The summed E-state index contributed by atoms with van der Waals surface area (Å²) in [4.78, 5) is 40.8. The molecule has 0 bridgehead atoms. The van der Waals surface area contributed by atoms with Gasteiger partial charge in [0.1, 0.15) is 17.7 Å². The van der Waals surface area contributed by atoms with Crippen LogP contribution < -0.4 is 5.32 Å². The minimum absolute atomic E-state index is 0.0661. The third kappa shape index (κ3) is 8.28. The minimum atomic E-state index is -0.589. The van der Waals surface area contributed by atoms with Crippen molar-refractivity contribution in [3.63, 3.8) is 0 Å². The van der Waals surface area contributed by atoms with E-state index in [9.17, 15) is 14.4 Å². The van der Waals surface area contributed by atoms with E-state index in [1.807, 2.05) is 20.8 Å². The highest BCUT2D eigenvalue weighted by Crippen LogP contribution is 2.27. The molecular formula is C25H45N3O4. The second-order valence-electron chi connectivity index (χ2n) is 10.3. The zero-order valence-electron chi connectivity index (χ0n) is 20.8. The van der Waals surface area contributed by atoms with Crippen LogP contribution in [0.5, 0.6) is 0 Å². The van der Waals surface area contributed by atoms with E-state index in [2.05, 4.69) is 12.2 Å². The number of nitrogens with one attached hydrogen (secondary N) is 1. The summed E-state index contributed by atoms with van der Waals surface area (Å²) >= 11 is 0. The van der Waals surface area contributed by atoms with Crippen molar-refractivity contribution in [2.24, 2.45) is 0 Å². The largest absolute Gasteiger partial charge is 0.444 e. The highest BCUT2D eigenvalue weighted by atomic mass is 16.6. The first-order valence-electron chi connectivity index (χ1n) is 12.8. The van der Waals surface area contributed by atoms with Crippen LogP contribution in [0.15, 0.2) is 0 Å². The Hall–Kier alpha value is -1.79. The number of carbonyl (C=O) groups is 3. The number of unbranched alkanes of at least 4 members (excludes halogenated alkanes) is 9. The normalized spacial score (nSPS) is 20.4. The summed E-state index contributed by atoms with van der Waals surface area (Å²) in [5.41, 5.74) is -0.589. The van der Waals surface area contributed by atoms with Gasteiger partial charge in [-0.15, -0.1) is 0 Å². The third-order valence-electron chi connectivity index (χ3n) is 6.37. The number of nitrogens with zero attached hydrogens (tertiary/aromatic N) is 2. The van der Waals surface area contributed by atoms with Crippen LogP contribution in [0.3, 0.4) is 0 Å². The number of carbonyl (C=O) groups excluding carboxylic acids is 3. The Morgan fingerprint density at radius 3 is 1.81 bits per heavy atom. The average Bonchev–Trinajstić information content (AvgIpc) is 2.62. The van der Waals surface area contributed by atoms with E-state index < -0.39 is 23.8 Å². The lowest BCUT2D eigenvalue weighted by atomic mass is 9.96. The molecule has 2 atom stereocenters. The molecule has 7 heteroatoms. The third-order valence-corrected chi connectivity index (χ3v) is 6.37. The maximum Gasteiger partial charge on any atom is 0.410 e. The van der Waals surface area contributed by atoms with Gasteiger partial charge in [0.05, 0.1) is 0 Å². The number of rotatable bonds is 13. The molecule has 2 aliphatic rings. The van der Waals surface area contributed by atoms with E-state index in [4.69, 9.17) is 4.74 Å². The van der Waals surface area contributed by atoms with Crippen molar-refractivity contribution in [2.45, 2.75) is 122 Å². The lowest BCUT2D eigenvalue weighted by molar-refractivity contribution is -0.154. The Bertz CT molecular complexity index is 617. The topological polar surface area (TPSA) is 79.0 Å². The van der Waals surface area contributed by atoms with Crippen LogP contribution in [0.4, 0.5) is 4.79 Å². The van der Waals surface area contributed by atoms with Gasteiger partial charge in [-0.05, 0) is 40.0 Å². The van der Waals surface area contributed by atoms with Gasteiger partial charge in [-0.1, -0.05) is 64.7 Å². The molecular weight excluding hydrogens is 406 g/mol. The summed E-state index contributed by atoms with van der Waals surface area (Å²) in [7, 11) is 0. The molecule has 3 amide bonds. The molecule has 0 aromatic rings. The van der Waals surface area contributed by atoms with Crippen LogP contribution in [0, 0.1) is 0 Å². The monoisotopic (exact) mass is 451 g/mol. The number of ether oxygens (including phenoxy) is 1. The Balaban J connectivity index is 1.59. The second-order valence-corrected chi connectivity index (χ2v) is 10.3. The van der Waals surface area contributed by atoms with Crippen LogP contribution >= 0.6 is 0 Å². The molecule has 2 fully saturated rings. The molecule has 2 rings (SSSR count). The van der Waals surface area contributed by atoms with Crippen molar-refractivity contribution < 1.29 is 19.1 Å². The zero-order valence-corrected chi connectivity index (χ0v) is 20.8. The van der Waals surface area contributed by atoms with Crippen molar-refractivity contribution in [1.29, 1.82) is 0 Å². The van der Waals surface area contributed by atoms with Gasteiger partial charge in [0.25, 0.3) is 0 Å². The first kappa shape index (κ1) is 26.5. The van der Waals surface area contributed by atoms with Crippen LogP contribution in [-0.4, -0.2) is 65.0 Å². The van der Waals surface area contributed by atoms with Crippen LogP contribution in [0.25, 0.3) is 0 Å². The van der Waals surface area contributed by atoms with Crippen molar-refractivity contribution in [1.82, 2.24) is 15.1 Å². The number of likely N-dealkylation sites (tertiary alicyclic amines) is 2. The zero-order chi connectivity index (χ0) is 23.6. The van der Waals surface area contributed by atoms with Crippen molar-refractivity contribution in [3.8, 4) is 0 Å². The van der Waals surface area contributed by atoms with Gasteiger partial charge in [0.15, 0.2) is 0 Å². The van der Waals surface area contributed by atoms with Gasteiger partial charge in [0, 0.05) is 19.6 Å². The Labute approximate surface area is 194 Å². The van der Waals surface area contributed by atoms with Crippen molar-refractivity contribution >= 4 is 17.9 Å². The van der Waals surface area contributed by atoms with E-state index >= 15 is 0 Å². The van der Waals surface area contributed by atoms with E-state index in [0.29, 0.717) is 32.5 Å². The molecule has 7 nitrogen and oxygen atoms in total. The average molecular weight is 452 g/mol. The fourth-order valence-corrected chi connectivity index (χ4v) is 4.24. The quantitative estimate of drug-likeness (QED) is 0.414. The van der Waals surface area contributed by atoms with E-state index in [-0.39, 0.29) is 11.8 Å². The predicted octanol–water partition coefficient (Wildman–Crippen LogP) is 4.63. The standard InChI is InChI=1S/C25H45N3O4/c1-5-6-7-8-9-10-11-12-13-14-17-26-22(29)20-15-18-27(20)23(30)21-16-19-28(21)24(31)32-25(2,3)4/h20-21H,5-19H2,1-4H3,(H,26,29)/t20-,21?/m0/s1. The molecule has 1 unspecified atom stereocenters. The summed E-state index contributed by atoms with van der Waals surface area (Å²) in [5.74, 6) is -0.198. The Morgan fingerprint density at radius 1 is 0.812 bits per heavy atom. The van der Waals surface area contributed by atoms with Gasteiger partial charge in [-0.2, -0.15) is 0 Å². The maximum atomic E-state index is 12.9. The summed E-state index contributed by atoms with van der Waals surface area (Å²) < 4.78 is 5.39.